The van der Waals surface area contributed by atoms with Crippen LogP contribution in [0.25, 0.3) is 0 Å². The molecule has 1 N–H and O–H groups in total. The molecule has 0 aromatic rings. The number of hydroxylamine groups is 1. The summed E-state index contributed by atoms with van der Waals surface area (Å²) in [6.45, 7) is 6.20. The first-order valence-electron chi connectivity index (χ1n) is 5.30. The number of hydrogen-bond donors (Lipinski definition) is 1. The van der Waals surface area contributed by atoms with Crippen LogP contribution >= 0.6 is 0 Å². The number of nitrogens with zero attached hydrogens (tertiary/aromatic N) is 1. The van der Waals surface area contributed by atoms with Gasteiger partial charge in [0.25, 0.3) is 5.91 Å². The molecule has 0 bridgehead atoms. The van der Waals surface area contributed by atoms with Gasteiger partial charge in [0.2, 0.25) is 0 Å². The molecule has 2 fully saturated rings. The van der Waals surface area contributed by atoms with E-state index in [0.29, 0.717) is 13.1 Å². The van der Waals surface area contributed by atoms with Gasteiger partial charge in [0.05, 0.1) is 12.5 Å². The Morgan fingerprint density at radius 1 is 1.50 bits per heavy atom. The van der Waals surface area contributed by atoms with Gasteiger partial charge < -0.3 is 9.64 Å². The zero-order valence-electron chi connectivity index (χ0n) is 9.65. The van der Waals surface area contributed by atoms with Gasteiger partial charge in [0, 0.05) is 6.54 Å². The van der Waals surface area contributed by atoms with Gasteiger partial charge >= 0.3 is 6.09 Å². The zero-order valence-corrected chi connectivity index (χ0v) is 9.65. The van der Waals surface area contributed by atoms with Crippen molar-refractivity contribution in [3.05, 3.63) is 0 Å². The van der Waals surface area contributed by atoms with E-state index in [4.69, 9.17) is 9.57 Å². The molecule has 0 aromatic heterocycles. The molecule has 2 amide bonds. The normalized spacial score (nSPS) is 28.9. The minimum atomic E-state index is -0.516. The second-order valence-corrected chi connectivity index (χ2v) is 5.11. The van der Waals surface area contributed by atoms with Crippen molar-refractivity contribution < 1.29 is 19.2 Å². The topological polar surface area (TPSA) is 67.9 Å². The van der Waals surface area contributed by atoms with Gasteiger partial charge in [-0.15, -0.1) is 0 Å². The van der Waals surface area contributed by atoms with E-state index < -0.39 is 11.7 Å². The van der Waals surface area contributed by atoms with Crippen LogP contribution in [0.4, 0.5) is 4.79 Å². The molecule has 0 radical (unpaired) electrons. The van der Waals surface area contributed by atoms with E-state index in [0.717, 1.165) is 0 Å². The number of likely N-dealkylation sites (tertiary alicyclic amines) is 1. The second kappa shape index (κ2) is 3.62. The largest absolute Gasteiger partial charge is 0.444 e. The van der Waals surface area contributed by atoms with E-state index in [1.807, 2.05) is 20.8 Å². The van der Waals surface area contributed by atoms with E-state index in [1.54, 1.807) is 0 Å². The Hall–Kier alpha value is -1.30. The molecule has 2 rings (SSSR count). The van der Waals surface area contributed by atoms with Crippen LogP contribution < -0.4 is 5.48 Å². The highest BCUT2D eigenvalue weighted by atomic mass is 16.7. The summed E-state index contributed by atoms with van der Waals surface area (Å²) < 4.78 is 5.22. The van der Waals surface area contributed by atoms with Crippen LogP contribution in [0.15, 0.2) is 0 Å². The lowest BCUT2D eigenvalue weighted by atomic mass is 10.1. The SMILES string of the molecule is CC(C)(C)OC(=O)N1C[C@@H]2ONC(=O)[C@@H]2C1. The number of hydrogen-bond acceptors (Lipinski definition) is 4. The molecule has 2 heterocycles. The highest BCUT2D eigenvalue weighted by molar-refractivity contribution is 5.82. The highest BCUT2D eigenvalue weighted by Crippen LogP contribution is 2.25. The fourth-order valence-electron chi connectivity index (χ4n) is 1.83. The van der Waals surface area contributed by atoms with E-state index in [2.05, 4.69) is 5.48 Å². The van der Waals surface area contributed by atoms with Crippen molar-refractivity contribution in [1.82, 2.24) is 10.4 Å². The van der Waals surface area contributed by atoms with Crippen LogP contribution in [0, 0.1) is 5.92 Å². The van der Waals surface area contributed by atoms with Gasteiger partial charge in [-0.1, -0.05) is 0 Å². The summed E-state index contributed by atoms with van der Waals surface area (Å²) in [5.74, 6) is -0.413. The number of nitrogens with one attached hydrogen (secondary N) is 1. The van der Waals surface area contributed by atoms with E-state index in [-0.39, 0.29) is 17.9 Å². The number of carbonyl (C=O) groups is 2. The standard InChI is InChI=1S/C10H16N2O4/c1-10(2,3)15-9(14)12-4-6-7(5-12)16-11-8(6)13/h6-7H,4-5H2,1-3H3,(H,11,13)/t6-,7+/m1/s1. The third-order valence-electron chi connectivity index (χ3n) is 2.57. The molecule has 6 nitrogen and oxygen atoms in total. The molecule has 90 valence electrons. The van der Waals surface area contributed by atoms with Gasteiger partial charge in [-0.2, -0.15) is 0 Å². The summed E-state index contributed by atoms with van der Waals surface area (Å²) in [5, 5.41) is 0. The molecular weight excluding hydrogens is 212 g/mol. The Kier molecular flexibility index (Phi) is 2.53. The highest BCUT2D eigenvalue weighted by Gasteiger charge is 2.46. The summed E-state index contributed by atoms with van der Waals surface area (Å²) >= 11 is 0. The van der Waals surface area contributed by atoms with Crippen LogP contribution in [0.5, 0.6) is 0 Å². The lowest BCUT2D eigenvalue weighted by Gasteiger charge is -2.24. The Bertz CT molecular complexity index is 323. The number of amides is 2. The molecule has 0 spiro atoms. The predicted octanol–water partition coefficient (Wildman–Crippen LogP) is 0.283. The van der Waals surface area contributed by atoms with Gasteiger partial charge in [0.15, 0.2) is 0 Å². The molecule has 2 aliphatic rings. The molecule has 16 heavy (non-hydrogen) atoms. The average Bonchev–Trinajstić information content (AvgIpc) is 2.65. The molecule has 2 aliphatic heterocycles. The van der Waals surface area contributed by atoms with Crippen LogP contribution in [0.1, 0.15) is 20.8 Å². The van der Waals surface area contributed by atoms with Crippen molar-refractivity contribution in [2.75, 3.05) is 13.1 Å². The van der Waals surface area contributed by atoms with Crippen molar-refractivity contribution >= 4 is 12.0 Å². The number of rotatable bonds is 0. The zero-order chi connectivity index (χ0) is 11.9. The Morgan fingerprint density at radius 2 is 2.19 bits per heavy atom. The van der Waals surface area contributed by atoms with Gasteiger partial charge in [-0.3, -0.25) is 9.63 Å². The van der Waals surface area contributed by atoms with E-state index in [1.165, 1.54) is 4.90 Å². The molecule has 0 unspecified atom stereocenters. The summed E-state index contributed by atoms with van der Waals surface area (Å²) in [6.07, 6.45) is -0.627. The minimum Gasteiger partial charge on any atom is -0.444 e. The number of fused-ring (bicyclic) bond motifs is 1. The van der Waals surface area contributed by atoms with Crippen molar-refractivity contribution in [3.63, 3.8) is 0 Å². The van der Waals surface area contributed by atoms with Gasteiger partial charge in [0.1, 0.15) is 11.7 Å². The molecule has 0 aliphatic carbocycles. The maximum absolute atomic E-state index is 11.7. The first-order chi connectivity index (χ1) is 7.37. The maximum atomic E-state index is 11.7. The van der Waals surface area contributed by atoms with Crippen LogP contribution in [0.3, 0.4) is 0 Å². The van der Waals surface area contributed by atoms with Crippen LogP contribution in [0.2, 0.25) is 0 Å². The molecule has 2 saturated heterocycles. The lowest BCUT2D eigenvalue weighted by molar-refractivity contribution is -0.126. The van der Waals surface area contributed by atoms with Crippen molar-refractivity contribution in [1.29, 1.82) is 0 Å². The number of ether oxygens (including phenoxy) is 1. The van der Waals surface area contributed by atoms with Crippen molar-refractivity contribution in [2.24, 2.45) is 5.92 Å². The van der Waals surface area contributed by atoms with Crippen LogP contribution in [-0.4, -0.2) is 41.7 Å². The summed E-state index contributed by atoms with van der Waals surface area (Å²) in [5.41, 5.74) is 1.80. The molecule has 2 atom stereocenters. The number of carbonyl (C=O) groups excluding carboxylic acids is 2. The summed E-state index contributed by atoms with van der Waals surface area (Å²) in [7, 11) is 0. The average molecular weight is 228 g/mol. The van der Waals surface area contributed by atoms with E-state index in [9.17, 15) is 9.59 Å². The predicted molar refractivity (Wildman–Crippen MR) is 54.3 cm³/mol. The first-order valence-corrected chi connectivity index (χ1v) is 5.30. The third kappa shape index (κ3) is 2.11. The summed E-state index contributed by atoms with van der Waals surface area (Å²) in [6, 6.07) is 0. The Labute approximate surface area is 93.8 Å². The fourth-order valence-corrected chi connectivity index (χ4v) is 1.83. The lowest BCUT2D eigenvalue weighted by Crippen LogP contribution is -2.37. The van der Waals surface area contributed by atoms with Crippen molar-refractivity contribution in [3.8, 4) is 0 Å². The Morgan fingerprint density at radius 3 is 2.75 bits per heavy atom. The second-order valence-electron chi connectivity index (χ2n) is 5.11. The molecule has 6 heteroatoms. The maximum Gasteiger partial charge on any atom is 0.410 e. The molecule has 0 aromatic carbocycles. The summed E-state index contributed by atoms with van der Waals surface area (Å²) in [4.78, 5) is 29.6. The third-order valence-corrected chi connectivity index (χ3v) is 2.57. The molecular formula is C10H16N2O4. The van der Waals surface area contributed by atoms with Gasteiger partial charge in [-0.25, -0.2) is 10.3 Å². The van der Waals surface area contributed by atoms with Gasteiger partial charge in [-0.05, 0) is 20.8 Å². The smallest absolute Gasteiger partial charge is 0.410 e. The van der Waals surface area contributed by atoms with Crippen molar-refractivity contribution in [2.45, 2.75) is 32.5 Å². The minimum absolute atomic E-state index is 0.156. The first kappa shape index (κ1) is 11.2. The van der Waals surface area contributed by atoms with Crippen LogP contribution in [-0.2, 0) is 14.4 Å². The Balaban J connectivity index is 1.94. The fraction of sp³-hybridized carbons (Fsp3) is 0.800. The monoisotopic (exact) mass is 228 g/mol. The quantitative estimate of drug-likeness (QED) is 0.646. The molecule has 0 saturated carbocycles. The van der Waals surface area contributed by atoms with E-state index >= 15 is 0 Å².